The van der Waals surface area contributed by atoms with Crippen molar-refractivity contribution in [3.05, 3.63) is 0 Å². The van der Waals surface area contributed by atoms with Crippen LogP contribution >= 0.6 is 0 Å². The van der Waals surface area contributed by atoms with Crippen molar-refractivity contribution in [1.82, 2.24) is 20.7 Å². The highest BCUT2D eigenvalue weighted by Gasteiger charge is 2.22. The quantitative estimate of drug-likeness (QED) is 0.646. The molecule has 1 unspecified atom stereocenters. The standard InChI is InChI=1S/C13H27N4O/c1-2-6-17(13-3-4-14-12-13)15-5-7-16-8-10-18-11-9-16/h13-14H,2-12H2,1H3. The van der Waals surface area contributed by atoms with Crippen LogP contribution in [0.4, 0.5) is 0 Å². The third-order valence-electron chi connectivity index (χ3n) is 3.71. The predicted octanol–water partition coefficient (Wildman–Crippen LogP) is -0.0881. The van der Waals surface area contributed by atoms with E-state index in [0.29, 0.717) is 6.04 Å². The average molecular weight is 255 g/mol. The summed E-state index contributed by atoms with van der Waals surface area (Å²) in [4.78, 5) is 2.45. The second-order valence-electron chi connectivity index (χ2n) is 5.13. The number of nitrogens with one attached hydrogen (secondary N) is 1. The molecule has 1 atom stereocenters. The Kier molecular flexibility index (Phi) is 6.37. The Morgan fingerprint density at radius 2 is 2.22 bits per heavy atom. The van der Waals surface area contributed by atoms with Crippen molar-refractivity contribution in [2.75, 3.05) is 59.0 Å². The molecular weight excluding hydrogens is 228 g/mol. The topological polar surface area (TPSA) is 41.8 Å². The van der Waals surface area contributed by atoms with Gasteiger partial charge >= 0.3 is 0 Å². The summed E-state index contributed by atoms with van der Waals surface area (Å²) in [5.41, 5.74) is 4.80. The largest absolute Gasteiger partial charge is 0.379 e. The second kappa shape index (κ2) is 8.07. The van der Waals surface area contributed by atoms with E-state index < -0.39 is 0 Å². The normalized spacial score (nSPS) is 26.0. The van der Waals surface area contributed by atoms with Crippen LogP contribution in [-0.4, -0.2) is 75.0 Å². The molecule has 0 bridgehead atoms. The van der Waals surface area contributed by atoms with Crippen LogP contribution in [0.15, 0.2) is 0 Å². The first-order valence-electron chi connectivity index (χ1n) is 7.35. The highest BCUT2D eigenvalue weighted by molar-refractivity contribution is 4.78. The molecule has 2 saturated heterocycles. The van der Waals surface area contributed by atoms with Crippen molar-refractivity contribution in [2.24, 2.45) is 0 Å². The molecule has 0 aliphatic carbocycles. The van der Waals surface area contributed by atoms with Gasteiger partial charge in [-0.05, 0) is 19.4 Å². The first kappa shape index (κ1) is 14.2. The van der Waals surface area contributed by atoms with Gasteiger partial charge in [-0.25, -0.2) is 5.01 Å². The van der Waals surface area contributed by atoms with Gasteiger partial charge in [0.2, 0.25) is 0 Å². The molecule has 0 spiro atoms. The van der Waals surface area contributed by atoms with Crippen LogP contribution in [0.1, 0.15) is 19.8 Å². The molecule has 0 aromatic heterocycles. The van der Waals surface area contributed by atoms with E-state index in [1.54, 1.807) is 0 Å². The van der Waals surface area contributed by atoms with Crippen molar-refractivity contribution in [3.63, 3.8) is 0 Å². The lowest BCUT2D eigenvalue weighted by molar-refractivity contribution is 0.0326. The average Bonchev–Trinajstić information content (AvgIpc) is 2.93. The molecule has 2 aliphatic heterocycles. The van der Waals surface area contributed by atoms with Crippen LogP contribution in [0.25, 0.3) is 0 Å². The molecule has 1 radical (unpaired) electrons. The number of ether oxygens (including phenoxy) is 1. The summed E-state index contributed by atoms with van der Waals surface area (Å²) < 4.78 is 5.36. The van der Waals surface area contributed by atoms with Crippen LogP contribution in [0.2, 0.25) is 0 Å². The molecule has 1 N–H and O–H groups in total. The fourth-order valence-corrected chi connectivity index (χ4v) is 2.63. The summed E-state index contributed by atoms with van der Waals surface area (Å²) >= 11 is 0. The van der Waals surface area contributed by atoms with Gasteiger partial charge in [0.1, 0.15) is 0 Å². The molecule has 2 fully saturated rings. The summed E-state index contributed by atoms with van der Waals surface area (Å²) in [6.45, 7) is 11.5. The fraction of sp³-hybridized carbons (Fsp3) is 1.00. The van der Waals surface area contributed by atoms with E-state index in [0.717, 1.165) is 59.0 Å². The number of morpholine rings is 1. The molecule has 105 valence electrons. The summed E-state index contributed by atoms with van der Waals surface area (Å²) in [7, 11) is 0. The smallest absolute Gasteiger partial charge is 0.0594 e. The second-order valence-corrected chi connectivity index (χ2v) is 5.13. The zero-order valence-corrected chi connectivity index (χ0v) is 11.6. The molecule has 5 heteroatoms. The summed E-state index contributed by atoms with van der Waals surface area (Å²) in [5, 5.41) is 5.74. The van der Waals surface area contributed by atoms with E-state index in [1.165, 1.54) is 12.8 Å². The van der Waals surface area contributed by atoms with Gasteiger partial charge < -0.3 is 10.1 Å². The van der Waals surface area contributed by atoms with E-state index in [9.17, 15) is 0 Å². The monoisotopic (exact) mass is 255 g/mol. The van der Waals surface area contributed by atoms with E-state index in [4.69, 9.17) is 10.2 Å². The molecule has 2 heterocycles. The molecule has 18 heavy (non-hydrogen) atoms. The SMILES string of the molecule is CCCN([N]CCN1CCOCC1)C1CCNC1. The van der Waals surface area contributed by atoms with Crippen molar-refractivity contribution in [1.29, 1.82) is 0 Å². The van der Waals surface area contributed by atoms with Crippen LogP contribution in [0.5, 0.6) is 0 Å². The third-order valence-corrected chi connectivity index (χ3v) is 3.71. The van der Waals surface area contributed by atoms with Crippen LogP contribution in [-0.2, 0) is 4.74 Å². The lowest BCUT2D eigenvalue weighted by Gasteiger charge is -2.30. The van der Waals surface area contributed by atoms with Gasteiger partial charge in [-0.2, -0.15) is 5.43 Å². The molecule has 0 aromatic carbocycles. The minimum absolute atomic E-state index is 0.620. The number of hydrogen-bond donors (Lipinski definition) is 1. The Hall–Kier alpha value is -0.200. The van der Waals surface area contributed by atoms with Crippen molar-refractivity contribution in [3.8, 4) is 0 Å². The first-order valence-corrected chi connectivity index (χ1v) is 7.35. The molecule has 0 amide bonds. The van der Waals surface area contributed by atoms with Gasteiger partial charge in [0.05, 0.1) is 13.2 Å². The van der Waals surface area contributed by atoms with Crippen LogP contribution in [0.3, 0.4) is 0 Å². The number of hydrogen-bond acceptors (Lipinski definition) is 4. The summed E-state index contributed by atoms with van der Waals surface area (Å²) in [5.74, 6) is 0. The van der Waals surface area contributed by atoms with Gasteiger partial charge in [-0.15, -0.1) is 0 Å². The fourth-order valence-electron chi connectivity index (χ4n) is 2.63. The van der Waals surface area contributed by atoms with Crippen molar-refractivity contribution in [2.45, 2.75) is 25.8 Å². The minimum Gasteiger partial charge on any atom is -0.379 e. The third kappa shape index (κ3) is 4.48. The Balaban J connectivity index is 1.64. The van der Waals surface area contributed by atoms with Crippen molar-refractivity contribution < 1.29 is 4.74 Å². The maximum Gasteiger partial charge on any atom is 0.0594 e. The van der Waals surface area contributed by atoms with Gasteiger partial charge in [-0.3, -0.25) is 4.90 Å². The molecule has 0 aromatic rings. The molecule has 2 aliphatic rings. The molecule has 0 saturated carbocycles. The Bertz CT molecular complexity index is 215. The van der Waals surface area contributed by atoms with Crippen molar-refractivity contribution >= 4 is 0 Å². The van der Waals surface area contributed by atoms with E-state index >= 15 is 0 Å². The molecular formula is C13H27N4O. The predicted molar refractivity (Wildman–Crippen MR) is 72.5 cm³/mol. The molecule has 5 nitrogen and oxygen atoms in total. The maximum atomic E-state index is 5.36. The maximum absolute atomic E-state index is 5.36. The van der Waals surface area contributed by atoms with Gasteiger partial charge in [-0.1, -0.05) is 6.92 Å². The molecule has 2 rings (SSSR count). The first-order chi connectivity index (χ1) is 8.90. The van der Waals surface area contributed by atoms with Gasteiger partial charge in [0.15, 0.2) is 0 Å². The Morgan fingerprint density at radius 3 is 2.89 bits per heavy atom. The van der Waals surface area contributed by atoms with Gasteiger partial charge in [0.25, 0.3) is 0 Å². The highest BCUT2D eigenvalue weighted by atomic mass is 16.5. The van der Waals surface area contributed by atoms with E-state index in [2.05, 4.69) is 22.1 Å². The zero-order chi connectivity index (χ0) is 12.6. The number of rotatable bonds is 7. The highest BCUT2D eigenvalue weighted by Crippen LogP contribution is 2.07. The minimum atomic E-state index is 0.620. The van der Waals surface area contributed by atoms with Crippen LogP contribution < -0.4 is 10.7 Å². The zero-order valence-electron chi connectivity index (χ0n) is 11.6. The summed E-state index contributed by atoms with van der Waals surface area (Å²) in [6.07, 6.45) is 2.42. The van der Waals surface area contributed by atoms with E-state index in [1.807, 2.05) is 0 Å². The lowest BCUT2D eigenvalue weighted by atomic mass is 10.2. The van der Waals surface area contributed by atoms with Crippen LogP contribution in [0, 0.1) is 0 Å². The Labute approximate surface area is 111 Å². The summed E-state index contributed by atoms with van der Waals surface area (Å²) in [6, 6.07) is 0.620. The van der Waals surface area contributed by atoms with E-state index in [-0.39, 0.29) is 0 Å². The van der Waals surface area contributed by atoms with Gasteiger partial charge in [0, 0.05) is 45.3 Å². The lowest BCUT2D eigenvalue weighted by Crippen LogP contribution is -2.46. The number of nitrogens with zero attached hydrogens (tertiary/aromatic N) is 3. The Morgan fingerprint density at radius 1 is 1.39 bits per heavy atom.